The van der Waals surface area contributed by atoms with E-state index in [0.29, 0.717) is 0 Å². The summed E-state index contributed by atoms with van der Waals surface area (Å²) in [6, 6.07) is 0.719. The Morgan fingerprint density at radius 2 is 2.00 bits per heavy atom. The molecule has 0 N–H and O–H groups in total. The normalized spacial score (nSPS) is 10.9. The highest BCUT2D eigenvalue weighted by atomic mass is 19.2. The van der Waals surface area contributed by atoms with Crippen LogP contribution >= 0.6 is 0 Å². The first-order chi connectivity index (χ1) is 5.70. The van der Waals surface area contributed by atoms with Crippen molar-refractivity contribution in [3.63, 3.8) is 0 Å². The van der Waals surface area contributed by atoms with E-state index in [-0.39, 0.29) is 11.1 Å². The standard InChI is InChI=1S/C7HF3NO/c8-3-1-4-7(11-2-12-4)6(10)5(3)9/h1H. The highest BCUT2D eigenvalue weighted by Gasteiger charge is 2.16. The van der Waals surface area contributed by atoms with Gasteiger partial charge in [0.05, 0.1) is 0 Å². The highest BCUT2D eigenvalue weighted by Crippen LogP contribution is 2.20. The second-order valence-corrected chi connectivity index (χ2v) is 2.14. The minimum Gasteiger partial charge on any atom is -0.432 e. The van der Waals surface area contributed by atoms with Gasteiger partial charge in [-0.2, -0.15) is 0 Å². The van der Waals surface area contributed by atoms with Crippen molar-refractivity contribution in [1.82, 2.24) is 4.98 Å². The maximum absolute atomic E-state index is 12.7. The van der Waals surface area contributed by atoms with Crippen molar-refractivity contribution in [2.24, 2.45) is 0 Å². The van der Waals surface area contributed by atoms with E-state index in [0.717, 1.165) is 6.07 Å². The largest absolute Gasteiger partial charge is 0.432 e. The topological polar surface area (TPSA) is 26.0 Å². The maximum atomic E-state index is 12.7. The molecule has 2 nitrogen and oxygen atoms in total. The zero-order valence-corrected chi connectivity index (χ0v) is 5.57. The van der Waals surface area contributed by atoms with Gasteiger partial charge in [0.15, 0.2) is 23.0 Å². The van der Waals surface area contributed by atoms with Gasteiger partial charge in [0.25, 0.3) is 6.39 Å². The van der Waals surface area contributed by atoms with Gasteiger partial charge in [0.1, 0.15) is 5.52 Å². The van der Waals surface area contributed by atoms with Crippen LogP contribution in [-0.4, -0.2) is 4.98 Å². The van der Waals surface area contributed by atoms with E-state index in [1.54, 1.807) is 0 Å². The van der Waals surface area contributed by atoms with Crippen LogP contribution in [0, 0.1) is 23.8 Å². The number of rotatable bonds is 0. The SMILES string of the molecule is Fc1cc2o[c]nc2c(F)c1F. The van der Waals surface area contributed by atoms with Crippen LogP contribution in [0.1, 0.15) is 0 Å². The molecule has 1 aromatic carbocycles. The molecule has 0 fully saturated rings. The molecular formula is C7HF3NO. The Morgan fingerprint density at radius 1 is 1.25 bits per heavy atom. The fourth-order valence-electron chi connectivity index (χ4n) is 0.863. The fourth-order valence-corrected chi connectivity index (χ4v) is 0.863. The fraction of sp³-hybridized carbons (Fsp3) is 0. The van der Waals surface area contributed by atoms with E-state index in [2.05, 4.69) is 9.40 Å². The lowest BCUT2D eigenvalue weighted by Crippen LogP contribution is -1.90. The van der Waals surface area contributed by atoms with Gasteiger partial charge in [-0.05, 0) is 0 Å². The summed E-state index contributed by atoms with van der Waals surface area (Å²) in [4.78, 5) is 3.25. The molecule has 1 radical (unpaired) electrons. The van der Waals surface area contributed by atoms with Crippen LogP contribution in [0.4, 0.5) is 13.2 Å². The molecule has 0 aliphatic heterocycles. The van der Waals surface area contributed by atoms with Crippen molar-refractivity contribution in [3.05, 3.63) is 29.9 Å². The molecule has 0 aliphatic carbocycles. The minimum absolute atomic E-state index is 0.161. The third-order valence-electron chi connectivity index (χ3n) is 1.41. The number of fused-ring (bicyclic) bond motifs is 1. The molecule has 0 spiro atoms. The van der Waals surface area contributed by atoms with Crippen molar-refractivity contribution in [2.75, 3.05) is 0 Å². The van der Waals surface area contributed by atoms with Gasteiger partial charge in [0.2, 0.25) is 0 Å². The Kier molecular flexibility index (Phi) is 1.33. The van der Waals surface area contributed by atoms with Crippen LogP contribution in [-0.2, 0) is 0 Å². The number of hydrogen-bond donors (Lipinski definition) is 0. The third kappa shape index (κ3) is 0.792. The van der Waals surface area contributed by atoms with Crippen molar-refractivity contribution in [3.8, 4) is 0 Å². The summed E-state index contributed by atoms with van der Waals surface area (Å²) in [5, 5.41) is 0. The lowest BCUT2D eigenvalue weighted by molar-refractivity contribution is 0.451. The predicted molar refractivity (Wildman–Crippen MR) is 32.7 cm³/mol. The quantitative estimate of drug-likeness (QED) is 0.568. The van der Waals surface area contributed by atoms with Gasteiger partial charge in [-0.3, -0.25) is 0 Å². The number of aromatic nitrogens is 1. The first-order valence-corrected chi connectivity index (χ1v) is 3.00. The van der Waals surface area contributed by atoms with Crippen LogP contribution < -0.4 is 0 Å². The van der Waals surface area contributed by atoms with Gasteiger partial charge in [0, 0.05) is 6.07 Å². The molecule has 0 saturated carbocycles. The summed E-state index contributed by atoms with van der Waals surface area (Å²) in [5.74, 6) is -4.20. The zero-order valence-electron chi connectivity index (χ0n) is 5.57. The second-order valence-electron chi connectivity index (χ2n) is 2.14. The van der Waals surface area contributed by atoms with Gasteiger partial charge >= 0.3 is 0 Å². The van der Waals surface area contributed by atoms with Gasteiger partial charge in [-0.1, -0.05) is 0 Å². The average molecular weight is 172 g/mol. The Morgan fingerprint density at radius 3 is 2.75 bits per heavy atom. The van der Waals surface area contributed by atoms with Crippen LogP contribution in [0.5, 0.6) is 0 Å². The molecular weight excluding hydrogens is 171 g/mol. The molecule has 0 atom stereocenters. The van der Waals surface area contributed by atoms with Gasteiger partial charge in [-0.15, -0.1) is 0 Å². The molecule has 2 aromatic rings. The molecule has 0 unspecified atom stereocenters. The first kappa shape index (κ1) is 7.15. The number of hydrogen-bond acceptors (Lipinski definition) is 2. The molecule has 0 saturated heterocycles. The Balaban J connectivity index is 2.94. The van der Waals surface area contributed by atoms with Gasteiger partial charge < -0.3 is 4.42 Å². The van der Waals surface area contributed by atoms with Crippen molar-refractivity contribution < 1.29 is 17.6 Å². The van der Waals surface area contributed by atoms with E-state index in [9.17, 15) is 13.2 Å². The Hall–Kier alpha value is -1.52. The summed E-state index contributed by atoms with van der Waals surface area (Å²) in [6.07, 6.45) is 1.93. The Bertz CT molecular complexity index is 437. The monoisotopic (exact) mass is 172 g/mol. The molecule has 5 heteroatoms. The van der Waals surface area contributed by atoms with Crippen molar-refractivity contribution in [2.45, 2.75) is 0 Å². The molecule has 61 valence electrons. The first-order valence-electron chi connectivity index (χ1n) is 3.00. The number of benzene rings is 1. The van der Waals surface area contributed by atoms with E-state index in [1.807, 2.05) is 6.39 Å². The van der Waals surface area contributed by atoms with E-state index in [4.69, 9.17) is 0 Å². The van der Waals surface area contributed by atoms with Crippen LogP contribution in [0.15, 0.2) is 10.5 Å². The molecule has 12 heavy (non-hydrogen) atoms. The average Bonchev–Trinajstić information content (AvgIpc) is 2.48. The molecule has 1 heterocycles. The lowest BCUT2D eigenvalue weighted by atomic mass is 10.3. The summed E-state index contributed by atoms with van der Waals surface area (Å²) >= 11 is 0. The van der Waals surface area contributed by atoms with Crippen LogP contribution in [0.3, 0.4) is 0 Å². The molecule has 0 aliphatic rings. The van der Waals surface area contributed by atoms with E-state index in [1.165, 1.54) is 0 Å². The maximum Gasteiger partial charge on any atom is 0.284 e. The van der Waals surface area contributed by atoms with E-state index < -0.39 is 17.5 Å². The minimum atomic E-state index is -1.55. The summed E-state index contributed by atoms with van der Waals surface area (Å²) in [6.45, 7) is 0. The summed E-state index contributed by atoms with van der Waals surface area (Å²) in [7, 11) is 0. The number of nitrogens with zero attached hydrogens (tertiary/aromatic N) is 1. The molecule has 2 rings (SSSR count). The second kappa shape index (κ2) is 2.23. The molecule has 0 bridgehead atoms. The van der Waals surface area contributed by atoms with E-state index >= 15 is 0 Å². The molecule has 0 amide bonds. The third-order valence-corrected chi connectivity index (χ3v) is 1.41. The zero-order chi connectivity index (χ0) is 8.72. The number of halogens is 3. The highest BCUT2D eigenvalue weighted by molar-refractivity contribution is 5.72. The van der Waals surface area contributed by atoms with Gasteiger partial charge in [-0.25, -0.2) is 18.2 Å². The summed E-state index contributed by atoms with van der Waals surface area (Å²) < 4.78 is 42.1. The Labute approximate surface area is 64.6 Å². The predicted octanol–water partition coefficient (Wildman–Crippen LogP) is 2.05. The van der Waals surface area contributed by atoms with Crippen LogP contribution in [0.2, 0.25) is 0 Å². The van der Waals surface area contributed by atoms with Crippen molar-refractivity contribution in [1.29, 1.82) is 0 Å². The van der Waals surface area contributed by atoms with Crippen molar-refractivity contribution >= 4 is 11.1 Å². The van der Waals surface area contributed by atoms with Crippen LogP contribution in [0.25, 0.3) is 11.1 Å². The molecule has 1 aromatic heterocycles. The smallest absolute Gasteiger partial charge is 0.284 e. The number of oxazole rings is 1. The summed E-state index contributed by atoms with van der Waals surface area (Å²) in [5.41, 5.74) is -0.514. The lowest BCUT2D eigenvalue weighted by Gasteiger charge is -1.93.